The Bertz CT molecular complexity index is 388. The fraction of sp³-hybridized carbons (Fsp3) is 0.500. The summed E-state index contributed by atoms with van der Waals surface area (Å²) in [7, 11) is 0. The van der Waals surface area contributed by atoms with Crippen molar-refractivity contribution < 1.29 is 13.5 Å². The second kappa shape index (κ2) is 4.87. The van der Waals surface area contributed by atoms with Gasteiger partial charge in [-0.15, -0.1) is 0 Å². The van der Waals surface area contributed by atoms with Gasteiger partial charge in [0.25, 0.3) is 0 Å². The van der Waals surface area contributed by atoms with Crippen molar-refractivity contribution in [1.82, 2.24) is 0 Å². The first kappa shape index (κ1) is 12.1. The molecule has 0 amide bonds. The summed E-state index contributed by atoms with van der Waals surface area (Å²) in [5, 5.41) is 2.80. The summed E-state index contributed by atoms with van der Waals surface area (Å²) in [4.78, 5) is 0. The summed E-state index contributed by atoms with van der Waals surface area (Å²) in [6.07, 6.45) is 1.04. The van der Waals surface area contributed by atoms with Crippen LogP contribution in [0.5, 0.6) is 0 Å². The van der Waals surface area contributed by atoms with Gasteiger partial charge >= 0.3 is 0 Å². The number of ether oxygens (including phenoxy) is 1. The fourth-order valence-electron chi connectivity index (χ4n) is 2.04. The van der Waals surface area contributed by atoms with Crippen LogP contribution in [0.1, 0.15) is 13.3 Å². The highest BCUT2D eigenvalue weighted by Crippen LogP contribution is 2.25. The molecule has 0 spiro atoms. The number of benzene rings is 1. The summed E-state index contributed by atoms with van der Waals surface area (Å²) in [5.74, 6) is -1.03. The van der Waals surface area contributed by atoms with Crippen LogP contribution in [0, 0.1) is 17.6 Å². The summed E-state index contributed by atoms with van der Waals surface area (Å²) < 4.78 is 32.3. The maximum atomic E-state index is 13.5. The van der Waals surface area contributed by atoms with Crippen LogP contribution in [-0.4, -0.2) is 19.3 Å². The van der Waals surface area contributed by atoms with E-state index in [0.29, 0.717) is 13.2 Å². The van der Waals surface area contributed by atoms with Gasteiger partial charge in [-0.25, -0.2) is 8.78 Å². The normalized spacial score (nSPS) is 23.9. The number of nitrogen functional groups attached to an aromatic ring is 1. The van der Waals surface area contributed by atoms with Gasteiger partial charge in [0.1, 0.15) is 5.69 Å². The molecule has 2 atom stereocenters. The Morgan fingerprint density at radius 2 is 2.06 bits per heavy atom. The van der Waals surface area contributed by atoms with Gasteiger partial charge < -0.3 is 15.8 Å². The minimum absolute atomic E-state index is 0.0862. The third-order valence-electron chi connectivity index (χ3n) is 3.14. The molecule has 1 aromatic carbocycles. The van der Waals surface area contributed by atoms with E-state index in [1.165, 1.54) is 0 Å². The maximum Gasteiger partial charge on any atom is 0.151 e. The number of halogens is 2. The zero-order valence-electron chi connectivity index (χ0n) is 9.67. The molecule has 0 radical (unpaired) electrons. The Morgan fingerprint density at radius 3 is 2.59 bits per heavy atom. The second-order valence-electron chi connectivity index (χ2n) is 4.37. The highest BCUT2D eigenvalue weighted by atomic mass is 19.1. The molecular weight excluding hydrogens is 226 g/mol. The summed E-state index contributed by atoms with van der Waals surface area (Å²) in [5.41, 5.74) is 5.31. The van der Waals surface area contributed by atoms with Crippen LogP contribution in [0.15, 0.2) is 12.1 Å². The molecule has 1 aliphatic heterocycles. The minimum Gasteiger partial charge on any atom is -0.399 e. The van der Waals surface area contributed by atoms with Crippen LogP contribution in [-0.2, 0) is 4.74 Å². The molecule has 2 unspecified atom stereocenters. The van der Waals surface area contributed by atoms with Crippen LogP contribution in [0.25, 0.3) is 0 Å². The predicted molar refractivity (Wildman–Crippen MR) is 62.8 cm³/mol. The lowest BCUT2D eigenvalue weighted by Gasteiger charge is -2.16. The number of nitrogens with two attached hydrogens (primary N) is 1. The van der Waals surface area contributed by atoms with Crippen LogP contribution < -0.4 is 11.1 Å². The molecule has 1 fully saturated rings. The molecule has 2 rings (SSSR count). The highest BCUT2D eigenvalue weighted by Gasteiger charge is 2.24. The Labute approximate surface area is 98.9 Å². The van der Waals surface area contributed by atoms with Crippen molar-refractivity contribution >= 4 is 11.4 Å². The van der Waals surface area contributed by atoms with E-state index in [4.69, 9.17) is 10.5 Å². The van der Waals surface area contributed by atoms with Gasteiger partial charge in [-0.3, -0.25) is 0 Å². The lowest BCUT2D eigenvalue weighted by Crippen LogP contribution is -2.21. The Hall–Kier alpha value is -1.36. The van der Waals surface area contributed by atoms with Gasteiger partial charge in [-0.1, -0.05) is 0 Å². The Kier molecular flexibility index (Phi) is 3.47. The van der Waals surface area contributed by atoms with Gasteiger partial charge in [0.2, 0.25) is 0 Å². The van der Waals surface area contributed by atoms with Gasteiger partial charge in [-0.05, 0) is 25.5 Å². The second-order valence-corrected chi connectivity index (χ2v) is 4.37. The third-order valence-corrected chi connectivity index (χ3v) is 3.14. The van der Waals surface area contributed by atoms with E-state index in [2.05, 4.69) is 5.32 Å². The molecule has 17 heavy (non-hydrogen) atoms. The molecule has 94 valence electrons. The molecule has 0 bridgehead atoms. The molecule has 1 aromatic rings. The van der Waals surface area contributed by atoms with Crippen LogP contribution in [0.2, 0.25) is 0 Å². The molecule has 3 nitrogen and oxygen atoms in total. The first-order valence-corrected chi connectivity index (χ1v) is 5.68. The molecule has 1 aliphatic rings. The van der Waals surface area contributed by atoms with Gasteiger partial charge in [-0.2, -0.15) is 0 Å². The lowest BCUT2D eigenvalue weighted by molar-refractivity contribution is 0.108. The average Bonchev–Trinajstić information content (AvgIpc) is 2.62. The Morgan fingerprint density at radius 1 is 1.41 bits per heavy atom. The zero-order valence-corrected chi connectivity index (χ0v) is 9.67. The summed E-state index contributed by atoms with van der Waals surface area (Å²) in [6.45, 7) is 3.17. The summed E-state index contributed by atoms with van der Waals surface area (Å²) in [6, 6.07) is 2.22. The largest absolute Gasteiger partial charge is 0.399 e. The molecule has 0 saturated carbocycles. The van der Waals surface area contributed by atoms with Crippen LogP contribution >= 0.6 is 0 Å². The minimum atomic E-state index is -0.658. The molecule has 0 aromatic heterocycles. The van der Waals surface area contributed by atoms with Gasteiger partial charge in [0, 0.05) is 24.8 Å². The summed E-state index contributed by atoms with van der Waals surface area (Å²) >= 11 is 0. The van der Waals surface area contributed by atoms with Crippen molar-refractivity contribution in [3.63, 3.8) is 0 Å². The zero-order chi connectivity index (χ0) is 12.4. The smallest absolute Gasteiger partial charge is 0.151 e. The van der Waals surface area contributed by atoms with E-state index in [1.807, 2.05) is 6.92 Å². The predicted octanol–water partition coefficient (Wildman–Crippen LogP) is 2.38. The maximum absolute atomic E-state index is 13.5. The Balaban J connectivity index is 2.04. The van der Waals surface area contributed by atoms with E-state index in [9.17, 15) is 8.78 Å². The van der Waals surface area contributed by atoms with Gasteiger partial charge in [0.15, 0.2) is 11.6 Å². The number of hydrogen-bond donors (Lipinski definition) is 2. The molecule has 1 saturated heterocycles. The first-order chi connectivity index (χ1) is 8.08. The standard InChI is InChI=1S/C12H16F2N2O/c1-7-8(2-3-17-7)6-16-12-10(13)4-9(15)5-11(12)14/h4-5,7-8,16H,2-3,6,15H2,1H3. The van der Waals surface area contributed by atoms with Crippen molar-refractivity contribution in [2.75, 3.05) is 24.2 Å². The van der Waals surface area contributed by atoms with Crippen molar-refractivity contribution in [2.45, 2.75) is 19.4 Å². The van der Waals surface area contributed by atoms with Crippen LogP contribution in [0.4, 0.5) is 20.2 Å². The SMILES string of the molecule is CC1OCCC1CNc1c(F)cc(N)cc1F. The lowest BCUT2D eigenvalue weighted by atomic mass is 10.0. The van der Waals surface area contributed by atoms with E-state index in [-0.39, 0.29) is 23.4 Å². The van der Waals surface area contributed by atoms with Crippen LogP contribution in [0.3, 0.4) is 0 Å². The number of rotatable bonds is 3. The molecule has 5 heteroatoms. The van der Waals surface area contributed by atoms with Crippen molar-refractivity contribution in [3.05, 3.63) is 23.8 Å². The number of nitrogens with one attached hydrogen (secondary N) is 1. The number of anilines is 2. The molecule has 3 N–H and O–H groups in total. The monoisotopic (exact) mass is 242 g/mol. The topological polar surface area (TPSA) is 47.3 Å². The number of hydrogen-bond acceptors (Lipinski definition) is 3. The molecular formula is C12H16F2N2O. The van der Waals surface area contributed by atoms with E-state index in [1.54, 1.807) is 0 Å². The van der Waals surface area contributed by atoms with Gasteiger partial charge in [0.05, 0.1) is 6.10 Å². The fourth-order valence-corrected chi connectivity index (χ4v) is 2.04. The van der Waals surface area contributed by atoms with Crippen molar-refractivity contribution in [1.29, 1.82) is 0 Å². The van der Waals surface area contributed by atoms with E-state index >= 15 is 0 Å². The average molecular weight is 242 g/mol. The van der Waals surface area contributed by atoms with E-state index < -0.39 is 11.6 Å². The van der Waals surface area contributed by atoms with Crippen molar-refractivity contribution in [2.24, 2.45) is 5.92 Å². The van der Waals surface area contributed by atoms with E-state index in [0.717, 1.165) is 18.6 Å². The quantitative estimate of drug-likeness (QED) is 0.800. The first-order valence-electron chi connectivity index (χ1n) is 5.68. The third kappa shape index (κ3) is 2.66. The molecule has 0 aliphatic carbocycles. The van der Waals surface area contributed by atoms with Crippen molar-refractivity contribution in [3.8, 4) is 0 Å². The molecule has 1 heterocycles. The highest BCUT2D eigenvalue weighted by molar-refractivity contribution is 5.54.